The van der Waals surface area contributed by atoms with Gasteiger partial charge in [-0.15, -0.1) is 0 Å². The van der Waals surface area contributed by atoms with Crippen LogP contribution in [0.4, 0.5) is 0 Å². The number of nitriles is 1. The number of fused-ring (bicyclic) bond motifs is 1. The lowest BCUT2D eigenvalue weighted by Gasteiger charge is -2.22. The minimum Gasteiger partial charge on any atom is -0.381 e. The summed E-state index contributed by atoms with van der Waals surface area (Å²) in [5.41, 5.74) is 3.28. The molecule has 1 aliphatic rings. The molecule has 0 bridgehead atoms. The largest absolute Gasteiger partial charge is 0.381 e. The molecule has 2 atom stereocenters. The first kappa shape index (κ1) is 16.5. The number of rotatable bonds is 4. The lowest BCUT2D eigenvalue weighted by atomic mass is 9.91. The van der Waals surface area contributed by atoms with Gasteiger partial charge in [0, 0.05) is 18.1 Å². The van der Waals surface area contributed by atoms with Gasteiger partial charge in [-0.05, 0) is 30.5 Å². The number of ketones is 1. The van der Waals surface area contributed by atoms with Crippen molar-refractivity contribution in [1.29, 1.82) is 5.26 Å². The molecule has 1 aliphatic heterocycles. The number of ether oxygens (including phenoxy) is 1. The number of imidazole rings is 1. The maximum atomic E-state index is 12.8. The molecule has 2 aromatic carbocycles. The van der Waals surface area contributed by atoms with E-state index < -0.39 is 5.92 Å². The zero-order chi connectivity index (χ0) is 17.9. The highest BCUT2D eigenvalue weighted by Gasteiger charge is 2.25. The van der Waals surface area contributed by atoms with Crippen LogP contribution in [0.5, 0.6) is 0 Å². The number of nitrogens with one attached hydrogen (secondary N) is 1. The van der Waals surface area contributed by atoms with Gasteiger partial charge < -0.3 is 9.72 Å². The first-order valence-corrected chi connectivity index (χ1v) is 8.82. The standard InChI is InChI=1S/C21H19N3O2/c22-12-17(21-23-18-5-1-2-6-19(18)24-21)20(25)15-9-7-14(8-10-15)16-4-3-11-26-13-16/h1-2,5-10,16-17H,3-4,11,13H2,(H,23,24)/t16-,17-/m0/s1. The van der Waals surface area contributed by atoms with Crippen molar-refractivity contribution in [2.24, 2.45) is 0 Å². The second kappa shape index (κ2) is 7.11. The number of hydrogen-bond acceptors (Lipinski definition) is 4. The number of benzene rings is 2. The van der Waals surface area contributed by atoms with Gasteiger partial charge in [-0.3, -0.25) is 4.79 Å². The lowest BCUT2D eigenvalue weighted by Crippen LogP contribution is -2.16. The van der Waals surface area contributed by atoms with Gasteiger partial charge in [0.05, 0.1) is 23.7 Å². The van der Waals surface area contributed by atoms with Crippen LogP contribution in [-0.4, -0.2) is 29.0 Å². The zero-order valence-corrected chi connectivity index (χ0v) is 14.3. The van der Waals surface area contributed by atoms with Crippen LogP contribution in [-0.2, 0) is 4.74 Å². The first-order chi connectivity index (χ1) is 12.8. The minimum atomic E-state index is -0.939. The summed E-state index contributed by atoms with van der Waals surface area (Å²) >= 11 is 0. The van der Waals surface area contributed by atoms with E-state index in [1.807, 2.05) is 36.4 Å². The van der Waals surface area contributed by atoms with Gasteiger partial charge in [0.15, 0.2) is 11.7 Å². The van der Waals surface area contributed by atoms with Crippen LogP contribution >= 0.6 is 0 Å². The van der Waals surface area contributed by atoms with E-state index in [9.17, 15) is 10.1 Å². The van der Waals surface area contributed by atoms with Gasteiger partial charge in [0.1, 0.15) is 5.82 Å². The fraction of sp³-hybridized carbons (Fsp3) is 0.286. The topological polar surface area (TPSA) is 78.8 Å². The molecule has 26 heavy (non-hydrogen) atoms. The van der Waals surface area contributed by atoms with Crippen molar-refractivity contribution in [1.82, 2.24) is 9.97 Å². The minimum absolute atomic E-state index is 0.238. The number of hydrogen-bond donors (Lipinski definition) is 1. The van der Waals surface area contributed by atoms with Crippen molar-refractivity contribution >= 4 is 16.8 Å². The van der Waals surface area contributed by atoms with Crippen LogP contribution in [0.1, 0.15) is 46.4 Å². The molecule has 5 nitrogen and oxygen atoms in total. The third-order valence-corrected chi connectivity index (χ3v) is 4.90. The second-order valence-corrected chi connectivity index (χ2v) is 6.60. The summed E-state index contributed by atoms with van der Waals surface area (Å²) in [5.74, 6) is -0.400. The summed E-state index contributed by atoms with van der Waals surface area (Å²) in [4.78, 5) is 20.3. The first-order valence-electron chi connectivity index (χ1n) is 8.82. The average molecular weight is 345 g/mol. The predicted octanol–water partition coefficient (Wildman–Crippen LogP) is 3.95. The van der Waals surface area contributed by atoms with E-state index in [2.05, 4.69) is 16.0 Å². The molecule has 0 unspecified atom stereocenters. The number of carbonyl (C=O) groups excluding carboxylic acids is 1. The van der Waals surface area contributed by atoms with Crippen LogP contribution in [0, 0.1) is 11.3 Å². The van der Waals surface area contributed by atoms with Gasteiger partial charge in [0.2, 0.25) is 0 Å². The van der Waals surface area contributed by atoms with Crippen molar-refractivity contribution < 1.29 is 9.53 Å². The number of aromatic amines is 1. The van der Waals surface area contributed by atoms with Crippen LogP contribution in [0.3, 0.4) is 0 Å². The molecule has 1 aromatic heterocycles. The smallest absolute Gasteiger partial charge is 0.187 e. The molecule has 5 heteroatoms. The molecule has 0 amide bonds. The van der Waals surface area contributed by atoms with Crippen molar-refractivity contribution in [3.05, 3.63) is 65.5 Å². The average Bonchev–Trinajstić information content (AvgIpc) is 3.13. The third-order valence-electron chi connectivity index (χ3n) is 4.90. The van der Waals surface area contributed by atoms with E-state index in [-0.39, 0.29) is 5.78 Å². The number of carbonyl (C=O) groups is 1. The molecule has 0 aliphatic carbocycles. The molecule has 0 saturated carbocycles. The molecule has 4 rings (SSSR count). The highest BCUT2D eigenvalue weighted by molar-refractivity contribution is 6.02. The molecule has 2 heterocycles. The summed E-state index contributed by atoms with van der Waals surface area (Å²) in [6, 6.07) is 17.2. The van der Waals surface area contributed by atoms with E-state index in [0.717, 1.165) is 37.1 Å². The Hall–Kier alpha value is -2.97. The quantitative estimate of drug-likeness (QED) is 0.726. The molecule has 0 radical (unpaired) electrons. The monoisotopic (exact) mass is 345 g/mol. The number of H-pyrrole nitrogens is 1. The van der Waals surface area contributed by atoms with Crippen molar-refractivity contribution in [2.45, 2.75) is 24.7 Å². The molecular formula is C21H19N3O2. The highest BCUT2D eigenvalue weighted by atomic mass is 16.5. The molecule has 1 N–H and O–H groups in total. The Kier molecular flexibility index (Phi) is 4.51. The van der Waals surface area contributed by atoms with Crippen molar-refractivity contribution in [3.8, 4) is 6.07 Å². The Labute approximate surface area is 151 Å². The van der Waals surface area contributed by atoms with E-state index in [1.54, 1.807) is 12.1 Å². The second-order valence-electron chi connectivity index (χ2n) is 6.60. The molecule has 130 valence electrons. The van der Waals surface area contributed by atoms with E-state index in [4.69, 9.17) is 4.74 Å². The van der Waals surface area contributed by atoms with Gasteiger partial charge in [-0.25, -0.2) is 4.98 Å². The number of aromatic nitrogens is 2. The van der Waals surface area contributed by atoms with Crippen LogP contribution in [0.15, 0.2) is 48.5 Å². The zero-order valence-electron chi connectivity index (χ0n) is 14.3. The predicted molar refractivity (Wildman–Crippen MR) is 98.0 cm³/mol. The maximum absolute atomic E-state index is 12.8. The molecule has 0 spiro atoms. The lowest BCUT2D eigenvalue weighted by molar-refractivity contribution is 0.0804. The van der Waals surface area contributed by atoms with E-state index >= 15 is 0 Å². The molecule has 1 fully saturated rings. The van der Waals surface area contributed by atoms with Crippen LogP contribution < -0.4 is 0 Å². The Morgan fingerprint density at radius 1 is 1.23 bits per heavy atom. The number of para-hydroxylation sites is 2. The van der Waals surface area contributed by atoms with Gasteiger partial charge in [0.25, 0.3) is 0 Å². The van der Waals surface area contributed by atoms with E-state index in [0.29, 0.717) is 17.3 Å². The van der Waals surface area contributed by atoms with Gasteiger partial charge in [-0.1, -0.05) is 36.4 Å². The Morgan fingerprint density at radius 3 is 2.73 bits per heavy atom. The van der Waals surface area contributed by atoms with Gasteiger partial charge in [-0.2, -0.15) is 5.26 Å². The Balaban J connectivity index is 1.57. The Bertz CT molecular complexity index is 930. The fourth-order valence-corrected chi connectivity index (χ4v) is 3.44. The maximum Gasteiger partial charge on any atom is 0.187 e. The number of nitrogens with zero attached hydrogens (tertiary/aromatic N) is 2. The fourth-order valence-electron chi connectivity index (χ4n) is 3.44. The van der Waals surface area contributed by atoms with Gasteiger partial charge >= 0.3 is 0 Å². The summed E-state index contributed by atoms with van der Waals surface area (Å²) in [6.07, 6.45) is 2.17. The third kappa shape index (κ3) is 3.12. The summed E-state index contributed by atoms with van der Waals surface area (Å²) in [6.45, 7) is 1.56. The SMILES string of the molecule is N#C[C@@H](C(=O)c1ccc([C@H]2CCCOC2)cc1)c1nc2ccccc2[nH]1. The molecular weight excluding hydrogens is 326 g/mol. The van der Waals surface area contributed by atoms with Crippen LogP contribution in [0.25, 0.3) is 11.0 Å². The van der Waals surface area contributed by atoms with Crippen molar-refractivity contribution in [3.63, 3.8) is 0 Å². The summed E-state index contributed by atoms with van der Waals surface area (Å²) in [7, 11) is 0. The van der Waals surface area contributed by atoms with Crippen molar-refractivity contribution in [2.75, 3.05) is 13.2 Å². The summed E-state index contributed by atoms with van der Waals surface area (Å²) in [5, 5.41) is 9.55. The van der Waals surface area contributed by atoms with E-state index in [1.165, 1.54) is 5.56 Å². The number of Topliss-reactive ketones (excluding diaryl/α,β-unsaturated/α-hetero) is 1. The Morgan fingerprint density at radius 2 is 2.04 bits per heavy atom. The highest BCUT2D eigenvalue weighted by Crippen LogP contribution is 2.27. The molecule has 3 aromatic rings. The van der Waals surface area contributed by atoms with Crippen LogP contribution in [0.2, 0.25) is 0 Å². The molecule has 1 saturated heterocycles. The summed E-state index contributed by atoms with van der Waals surface area (Å²) < 4.78 is 5.53. The normalized spacial score (nSPS) is 18.3.